The Bertz CT molecular complexity index is 352. The zero-order valence-corrected chi connectivity index (χ0v) is 12.7. The number of halogens is 1. The van der Waals surface area contributed by atoms with Crippen LogP contribution in [0.3, 0.4) is 0 Å². The normalized spacial score (nSPS) is 20.9. The van der Waals surface area contributed by atoms with Crippen LogP contribution >= 0.6 is 15.9 Å². The minimum Gasteiger partial charge on any atom is -0.492 e. The van der Waals surface area contributed by atoms with Crippen LogP contribution in [-0.4, -0.2) is 30.6 Å². The zero-order valence-electron chi connectivity index (χ0n) is 11.1. The summed E-state index contributed by atoms with van der Waals surface area (Å²) in [7, 11) is 0. The molecule has 0 N–H and O–H groups in total. The summed E-state index contributed by atoms with van der Waals surface area (Å²) in [4.78, 5) is 2.59. The Kier molecular flexibility index (Phi) is 5.51. The van der Waals surface area contributed by atoms with Crippen molar-refractivity contribution in [1.29, 1.82) is 0 Å². The van der Waals surface area contributed by atoms with Crippen LogP contribution in [0.4, 0.5) is 0 Å². The predicted octanol–water partition coefficient (Wildman–Crippen LogP) is 4.09. The second kappa shape index (κ2) is 7.15. The number of rotatable bonds is 5. The van der Waals surface area contributed by atoms with E-state index >= 15 is 0 Å². The van der Waals surface area contributed by atoms with Gasteiger partial charge in [-0.05, 0) is 50.1 Å². The molecule has 18 heavy (non-hydrogen) atoms. The lowest BCUT2D eigenvalue weighted by Crippen LogP contribution is -2.41. The third kappa shape index (κ3) is 3.99. The van der Waals surface area contributed by atoms with Crippen molar-refractivity contribution in [3.05, 3.63) is 28.7 Å². The Morgan fingerprint density at radius 2 is 2.06 bits per heavy atom. The number of likely N-dealkylation sites (tertiary alicyclic amines) is 1. The Balaban J connectivity index is 1.75. The molecular weight excluding hydrogens is 290 g/mol. The van der Waals surface area contributed by atoms with Gasteiger partial charge < -0.3 is 4.74 Å². The van der Waals surface area contributed by atoms with Crippen LogP contribution in [0.5, 0.6) is 5.75 Å². The molecule has 1 aliphatic rings. The third-order valence-electron chi connectivity index (χ3n) is 3.68. The fourth-order valence-electron chi connectivity index (χ4n) is 2.63. The van der Waals surface area contributed by atoms with Crippen LogP contribution in [0.2, 0.25) is 0 Å². The smallest absolute Gasteiger partial charge is 0.119 e. The molecule has 0 spiro atoms. The van der Waals surface area contributed by atoms with Gasteiger partial charge in [0.2, 0.25) is 0 Å². The van der Waals surface area contributed by atoms with Crippen LogP contribution in [0.1, 0.15) is 32.6 Å². The maximum Gasteiger partial charge on any atom is 0.119 e. The molecule has 0 aromatic heterocycles. The van der Waals surface area contributed by atoms with Crippen LogP contribution < -0.4 is 4.74 Å². The van der Waals surface area contributed by atoms with Crippen molar-refractivity contribution >= 4 is 15.9 Å². The van der Waals surface area contributed by atoms with E-state index < -0.39 is 0 Å². The third-order valence-corrected chi connectivity index (χ3v) is 4.21. The molecule has 0 saturated carbocycles. The average Bonchev–Trinajstić information content (AvgIpc) is 2.41. The Hall–Kier alpha value is -0.540. The van der Waals surface area contributed by atoms with Crippen LogP contribution in [0.25, 0.3) is 0 Å². The second-order valence-corrected chi connectivity index (χ2v) is 5.81. The van der Waals surface area contributed by atoms with E-state index in [-0.39, 0.29) is 0 Å². The van der Waals surface area contributed by atoms with Gasteiger partial charge in [-0.3, -0.25) is 4.90 Å². The molecule has 1 atom stereocenters. The summed E-state index contributed by atoms with van der Waals surface area (Å²) >= 11 is 3.43. The maximum atomic E-state index is 5.79. The van der Waals surface area contributed by atoms with Crippen molar-refractivity contribution in [3.63, 3.8) is 0 Å². The summed E-state index contributed by atoms with van der Waals surface area (Å²) in [5.74, 6) is 0.961. The van der Waals surface area contributed by atoms with Crippen LogP contribution in [0, 0.1) is 0 Å². The summed E-state index contributed by atoms with van der Waals surface area (Å²) in [5, 5.41) is 0. The molecule has 1 aliphatic heterocycles. The van der Waals surface area contributed by atoms with Crippen LogP contribution in [-0.2, 0) is 0 Å². The topological polar surface area (TPSA) is 12.5 Å². The molecule has 2 rings (SSSR count). The summed E-state index contributed by atoms with van der Waals surface area (Å²) in [6, 6.07) is 8.83. The molecule has 2 nitrogen and oxygen atoms in total. The predicted molar refractivity (Wildman–Crippen MR) is 79.1 cm³/mol. The molecule has 0 bridgehead atoms. The van der Waals surface area contributed by atoms with Gasteiger partial charge >= 0.3 is 0 Å². The Labute approximate surface area is 118 Å². The van der Waals surface area contributed by atoms with Gasteiger partial charge in [0.25, 0.3) is 0 Å². The Morgan fingerprint density at radius 1 is 1.28 bits per heavy atom. The molecular formula is C15H22BrNO. The van der Waals surface area contributed by atoms with Crippen molar-refractivity contribution in [2.75, 3.05) is 19.7 Å². The van der Waals surface area contributed by atoms with E-state index in [1.54, 1.807) is 0 Å². The van der Waals surface area contributed by atoms with Crippen molar-refractivity contribution in [2.24, 2.45) is 0 Å². The number of piperidine rings is 1. The van der Waals surface area contributed by atoms with Gasteiger partial charge in [0.1, 0.15) is 12.4 Å². The highest BCUT2D eigenvalue weighted by Crippen LogP contribution is 2.19. The van der Waals surface area contributed by atoms with Gasteiger partial charge in [-0.1, -0.05) is 29.3 Å². The SMILES string of the molecule is CC[C@@H]1CCCCN1CCOc1ccc(Br)cc1. The summed E-state index contributed by atoms with van der Waals surface area (Å²) in [5.41, 5.74) is 0. The van der Waals surface area contributed by atoms with E-state index in [2.05, 4.69) is 27.8 Å². The Morgan fingerprint density at radius 3 is 2.78 bits per heavy atom. The summed E-state index contributed by atoms with van der Waals surface area (Å²) < 4.78 is 6.89. The van der Waals surface area contributed by atoms with E-state index in [0.717, 1.165) is 29.4 Å². The van der Waals surface area contributed by atoms with E-state index in [1.165, 1.54) is 32.2 Å². The van der Waals surface area contributed by atoms with E-state index in [9.17, 15) is 0 Å². The molecule has 0 unspecified atom stereocenters. The fraction of sp³-hybridized carbons (Fsp3) is 0.600. The highest BCUT2D eigenvalue weighted by molar-refractivity contribution is 9.10. The molecule has 100 valence electrons. The van der Waals surface area contributed by atoms with Crippen LogP contribution in [0.15, 0.2) is 28.7 Å². The van der Waals surface area contributed by atoms with Crippen molar-refractivity contribution in [2.45, 2.75) is 38.6 Å². The summed E-state index contributed by atoms with van der Waals surface area (Å²) in [6.45, 7) is 5.37. The second-order valence-electron chi connectivity index (χ2n) is 4.90. The van der Waals surface area contributed by atoms with Crippen molar-refractivity contribution < 1.29 is 4.74 Å². The van der Waals surface area contributed by atoms with Crippen molar-refractivity contribution in [3.8, 4) is 5.75 Å². The molecule has 1 aromatic carbocycles. The first kappa shape index (κ1) is 13.9. The van der Waals surface area contributed by atoms with Gasteiger partial charge in [-0.25, -0.2) is 0 Å². The zero-order chi connectivity index (χ0) is 12.8. The number of nitrogens with zero attached hydrogens (tertiary/aromatic N) is 1. The summed E-state index contributed by atoms with van der Waals surface area (Å²) in [6.07, 6.45) is 5.35. The highest BCUT2D eigenvalue weighted by Gasteiger charge is 2.19. The standard InChI is InChI=1S/C15H22BrNO/c1-2-14-5-3-4-10-17(14)11-12-18-15-8-6-13(16)7-9-15/h6-9,14H,2-5,10-12H2,1H3/t14-/m1/s1. The van der Waals surface area contributed by atoms with Gasteiger partial charge in [0, 0.05) is 17.1 Å². The number of hydrogen-bond acceptors (Lipinski definition) is 2. The lowest BCUT2D eigenvalue weighted by atomic mass is 10.0. The molecule has 1 heterocycles. The minimum absolute atomic E-state index is 0.771. The van der Waals surface area contributed by atoms with Gasteiger partial charge in [-0.2, -0.15) is 0 Å². The lowest BCUT2D eigenvalue weighted by Gasteiger charge is -2.34. The molecule has 1 fully saturated rings. The largest absolute Gasteiger partial charge is 0.492 e. The molecule has 1 saturated heterocycles. The highest BCUT2D eigenvalue weighted by atomic mass is 79.9. The monoisotopic (exact) mass is 311 g/mol. The first-order valence-electron chi connectivity index (χ1n) is 6.92. The first-order chi connectivity index (χ1) is 8.79. The van der Waals surface area contributed by atoms with Gasteiger partial charge in [0.05, 0.1) is 0 Å². The van der Waals surface area contributed by atoms with Crippen molar-refractivity contribution in [1.82, 2.24) is 4.90 Å². The molecule has 1 aromatic rings. The van der Waals surface area contributed by atoms with E-state index in [1.807, 2.05) is 24.3 Å². The van der Waals surface area contributed by atoms with E-state index in [0.29, 0.717) is 0 Å². The minimum atomic E-state index is 0.771. The molecule has 0 radical (unpaired) electrons. The molecule has 0 amide bonds. The fourth-order valence-corrected chi connectivity index (χ4v) is 2.89. The molecule has 0 aliphatic carbocycles. The lowest BCUT2D eigenvalue weighted by molar-refractivity contribution is 0.120. The van der Waals surface area contributed by atoms with Gasteiger partial charge in [-0.15, -0.1) is 0 Å². The van der Waals surface area contributed by atoms with E-state index in [4.69, 9.17) is 4.74 Å². The molecule has 3 heteroatoms. The van der Waals surface area contributed by atoms with Gasteiger partial charge in [0.15, 0.2) is 0 Å². The number of benzene rings is 1. The average molecular weight is 312 g/mol. The number of hydrogen-bond donors (Lipinski definition) is 0. The quantitative estimate of drug-likeness (QED) is 0.812. The first-order valence-corrected chi connectivity index (χ1v) is 7.71. The number of ether oxygens (including phenoxy) is 1. The maximum absolute atomic E-state index is 5.79.